The number of amides is 1. The Balaban J connectivity index is 2.14. The number of rotatable bonds is 5. The summed E-state index contributed by atoms with van der Waals surface area (Å²) in [5.74, 6) is -0.450. The first-order valence-corrected chi connectivity index (χ1v) is 7.05. The van der Waals surface area contributed by atoms with E-state index in [4.69, 9.17) is 4.74 Å². The summed E-state index contributed by atoms with van der Waals surface area (Å²) in [6.07, 6.45) is 0. The molecule has 1 aliphatic heterocycles. The van der Waals surface area contributed by atoms with Crippen LogP contribution in [-0.4, -0.2) is 38.3 Å². The van der Waals surface area contributed by atoms with Crippen LogP contribution in [0.3, 0.4) is 0 Å². The molecule has 1 heterocycles. The van der Waals surface area contributed by atoms with Gasteiger partial charge in [0.25, 0.3) is 0 Å². The zero-order valence-electron chi connectivity index (χ0n) is 11.9. The Bertz CT molecular complexity index is 450. The summed E-state index contributed by atoms with van der Waals surface area (Å²) in [4.78, 5) is 14.3. The summed E-state index contributed by atoms with van der Waals surface area (Å²) in [5.41, 5.74) is 0.723. The van der Waals surface area contributed by atoms with Crippen LogP contribution >= 0.6 is 0 Å². The number of ether oxygens (including phenoxy) is 1. The number of halogens is 1. The van der Waals surface area contributed by atoms with Crippen molar-refractivity contribution in [3.05, 3.63) is 30.1 Å². The van der Waals surface area contributed by atoms with Gasteiger partial charge in [0, 0.05) is 18.3 Å². The van der Waals surface area contributed by atoms with E-state index in [0.717, 1.165) is 12.2 Å². The van der Waals surface area contributed by atoms with Gasteiger partial charge in [-0.1, -0.05) is 6.92 Å². The van der Waals surface area contributed by atoms with Gasteiger partial charge < -0.3 is 15.0 Å². The molecule has 1 fully saturated rings. The van der Waals surface area contributed by atoms with E-state index in [1.54, 1.807) is 17.0 Å². The topological polar surface area (TPSA) is 41.6 Å². The molecule has 1 N–H and O–H groups in total. The van der Waals surface area contributed by atoms with Crippen molar-refractivity contribution >= 4 is 11.6 Å². The minimum atomic E-state index is -0.299. The predicted octanol–water partition coefficient (Wildman–Crippen LogP) is 1.80. The first kappa shape index (κ1) is 14.9. The van der Waals surface area contributed by atoms with Gasteiger partial charge in [0.1, 0.15) is 5.82 Å². The van der Waals surface area contributed by atoms with Crippen LogP contribution in [0.5, 0.6) is 0 Å². The van der Waals surface area contributed by atoms with E-state index in [-0.39, 0.29) is 23.7 Å². The number of carbonyl (C=O) groups excluding carboxylic acids is 1. The molecule has 110 valence electrons. The fourth-order valence-electron chi connectivity index (χ4n) is 2.55. The van der Waals surface area contributed by atoms with Crippen molar-refractivity contribution in [2.45, 2.75) is 19.9 Å². The van der Waals surface area contributed by atoms with Gasteiger partial charge in [0.05, 0.1) is 19.1 Å². The van der Waals surface area contributed by atoms with Crippen molar-refractivity contribution in [3.8, 4) is 0 Å². The van der Waals surface area contributed by atoms with Gasteiger partial charge >= 0.3 is 0 Å². The van der Waals surface area contributed by atoms with E-state index in [0.29, 0.717) is 19.8 Å². The Morgan fingerprint density at radius 1 is 1.35 bits per heavy atom. The lowest BCUT2D eigenvalue weighted by atomic mass is 10.0. The van der Waals surface area contributed by atoms with Gasteiger partial charge in [0.2, 0.25) is 5.91 Å². The maximum atomic E-state index is 13.0. The van der Waals surface area contributed by atoms with Crippen molar-refractivity contribution in [1.29, 1.82) is 0 Å². The highest BCUT2D eigenvalue weighted by atomic mass is 19.1. The zero-order chi connectivity index (χ0) is 14.5. The Labute approximate surface area is 118 Å². The lowest BCUT2D eigenvalue weighted by molar-refractivity contribution is -0.122. The molecule has 1 saturated heterocycles. The van der Waals surface area contributed by atoms with Gasteiger partial charge in [0.15, 0.2) is 0 Å². The largest absolute Gasteiger partial charge is 0.379 e. The van der Waals surface area contributed by atoms with Crippen LogP contribution in [0.2, 0.25) is 0 Å². The Hall–Kier alpha value is -1.46. The monoisotopic (exact) mass is 280 g/mol. The average molecular weight is 280 g/mol. The summed E-state index contributed by atoms with van der Waals surface area (Å²) in [6, 6.07) is 6.07. The second-order valence-electron chi connectivity index (χ2n) is 4.87. The lowest BCUT2D eigenvalue weighted by Gasteiger charge is -2.26. The zero-order valence-corrected chi connectivity index (χ0v) is 11.9. The molecule has 5 heteroatoms. The van der Waals surface area contributed by atoms with Crippen LogP contribution in [-0.2, 0) is 9.53 Å². The number of nitrogens with zero attached hydrogens (tertiary/aromatic N) is 1. The maximum Gasteiger partial charge on any atom is 0.234 e. The normalized spacial score (nSPS) is 21.9. The number of benzene rings is 1. The number of hydrogen-bond donors (Lipinski definition) is 1. The Morgan fingerprint density at radius 3 is 2.65 bits per heavy atom. The molecule has 0 aromatic heterocycles. The van der Waals surface area contributed by atoms with E-state index in [1.165, 1.54) is 12.1 Å². The smallest absolute Gasteiger partial charge is 0.234 e. The second-order valence-corrected chi connectivity index (χ2v) is 4.87. The van der Waals surface area contributed by atoms with E-state index in [1.807, 2.05) is 13.8 Å². The summed E-state index contributed by atoms with van der Waals surface area (Å²) in [7, 11) is 0. The quantitative estimate of drug-likeness (QED) is 0.894. The molecular weight excluding hydrogens is 259 g/mol. The Kier molecular flexibility index (Phi) is 5.09. The second kappa shape index (κ2) is 6.81. The minimum Gasteiger partial charge on any atom is -0.379 e. The van der Waals surface area contributed by atoms with Crippen LogP contribution in [0.25, 0.3) is 0 Å². The molecule has 20 heavy (non-hydrogen) atoms. The van der Waals surface area contributed by atoms with Crippen LogP contribution in [0.4, 0.5) is 10.1 Å². The first-order valence-electron chi connectivity index (χ1n) is 7.05. The van der Waals surface area contributed by atoms with Crippen molar-refractivity contribution in [1.82, 2.24) is 5.32 Å². The highest BCUT2D eigenvalue weighted by molar-refractivity contribution is 5.95. The molecule has 1 aromatic rings. The van der Waals surface area contributed by atoms with Crippen LogP contribution < -0.4 is 10.2 Å². The van der Waals surface area contributed by atoms with Crippen molar-refractivity contribution < 1.29 is 13.9 Å². The number of carbonyl (C=O) groups is 1. The predicted molar refractivity (Wildman–Crippen MR) is 76.2 cm³/mol. The molecule has 0 spiro atoms. The fourth-order valence-corrected chi connectivity index (χ4v) is 2.55. The molecule has 2 rings (SSSR count). The highest BCUT2D eigenvalue weighted by Crippen LogP contribution is 2.22. The van der Waals surface area contributed by atoms with Gasteiger partial charge in [-0.25, -0.2) is 4.39 Å². The molecule has 0 bridgehead atoms. The molecule has 1 aliphatic rings. The summed E-state index contributed by atoms with van der Waals surface area (Å²) < 4.78 is 18.4. The molecule has 1 aromatic carbocycles. The van der Waals surface area contributed by atoms with Crippen molar-refractivity contribution in [2.75, 3.05) is 31.2 Å². The minimum absolute atomic E-state index is 0.0301. The average Bonchev–Trinajstić information content (AvgIpc) is 2.90. The molecule has 4 nitrogen and oxygen atoms in total. The standard InChI is InChI=1S/C15H21FN2O2/c1-3-17-14-10-20-9-13(14)15(19)18(4-2)12-7-5-11(16)6-8-12/h5-8,13-14,17H,3-4,9-10H2,1-2H3. The molecular formula is C15H21FN2O2. The lowest BCUT2D eigenvalue weighted by Crippen LogP contribution is -2.46. The van der Waals surface area contributed by atoms with Crippen molar-refractivity contribution in [3.63, 3.8) is 0 Å². The molecule has 0 radical (unpaired) electrons. The maximum absolute atomic E-state index is 13.0. The van der Waals surface area contributed by atoms with Gasteiger partial charge in [-0.15, -0.1) is 0 Å². The molecule has 2 atom stereocenters. The first-order chi connectivity index (χ1) is 9.67. The number of nitrogens with one attached hydrogen (secondary N) is 1. The van der Waals surface area contributed by atoms with Crippen LogP contribution in [0.1, 0.15) is 13.8 Å². The van der Waals surface area contributed by atoms with Crippen molar-refractivity contribution in [2.24, 2.45) is 5.92 Å². The summed E-state index contributed by atoms with van der Waals surface area (Å²) >= 11 is 0. The van der Waals surface area contributed by atoms with Crippen LogP contribution in [0.15, 0.2) is 24.3 Å². The van der Waals surface area contributed by atoms with E-state index in [9.17, 15) is 9.18 Å². The fraction of sp³-hybridized carbons (Fsp3) is 0.533. The van der Waals surface area contributed by atoms with Crippen LogP contribution in [0, 0.1) is 11.7 Å². The highest BCUT2D eigenvalue weighted by Gasteiger charge is 2.36. The van der Waals surface area contributed by atoms with Gasteiger partial charge in [-0.2, -0.15) is 0 Å². The van der Waals surface area contributed by atoms with Gasteiger partial charge in [-0.05, 0) is 37.7 Å². The number of hydrogen-bond acceptors (Lipinski definition) is 3. The number of anilines is 1. The third-order valence-electron chi connectivity index (χ3n) is 3.58. The third kappa shape index (κ3) is 3.16. The molecule has 2 unspecified atom stereocenters. The molecule has 1 amide bonds. The van der Waals surface area contributed by atoms with E-state index in [2.05, 4.69) is 5.32 Å². The SMILES string of the molecule is CCNC1COCC1C(=O)N(CC)c1ccc(F)cc1. The third-order valence-corrected chi connectivity index (χ3v) is 3.58. The summed E-state index contributed by atoms with van der Waals surface area (Å²) in [5, 5.41) is 3.28. The van der Waals surface area contributed by atoms with Gasteiger partial charge in [-0.3, -0.25) is 4.79 Å². The number of likely N-dealkylation sites (N-methyl/N-ethyl adjacent to an activating group) is 1. The summed E-state index contributed by atoms with van der Waals surface area (Å²) in [6.45, 7) is 6.29. The Morgan fingerprint density at radius 2 is 2.05 bits per heavy atom. The van der Waals surface area contributed by atoms with E-state index < -0.39 is 0 Å². The molecule has 0 aliphatic carbocycles. The van der Waals surface area contributed by atoms with E-state index >= 15 is 0 Å². The molecule has 0 saturated carbocycles.